The summed E-state index contributed by atoms with van der Waals surface area (Å²) in [4.78, 5) is 5.65. The minimum Gasteiger partial charge on any atom is -0.240 e. The summed E-state index contributed by atoms with van der Waals surface area (Å²) < 4.78 is 1.02. The molecule has 0 saturated heterocycles. The molecule has 0 aliphatic rings. The summed E-state index contributed by atoms with van der Waals surface area (Å²) in [6.07, 6.45) is 0. The normalized spacial score (nSPS) is 10.4. The Balaban J connectivity index is 2.08. The van der Waals surface area contributed by atoms with Crippen LogP contribution in [0.3, 0.4) is 0 Å². The molecule has 4 heteroatoms. The van der Waals surface area contributed by atoms with Gasteiger partial charge in [0.15, 0.2) is 0 Å². The third kappa shape index (κ3) is 2.69. The zero-order chi connectivity index (χ0) is 13.9. The molecule has 96 valence electrons. The first-order valence-electron chi connectivity index (χ1n) is 5.99. The molecule has 0 aliphatic carbocycles. The molecule has 0 fully saturated rings. The lowest BCUT2D eigenvalue weighted by Crippen LogP contribution is -1.88. The van der Waals surface area contributed by atoms with E-state index in [-0.39, 0.29) is 0 Å². The maximum Gasteiger partial charge on any atom is 0.119 e. The lowest BCUT2D eigenvalue weighted by molar-refractivity contribution is 1.16. The average molecular weight is 341 g/mol. The first-order chi connectivity index (χ1) is 9.76. The van der Waals surface area contributed by atoms with Gasteiger partial charge in [-0.3, -0.25) is 0 Å². The van der Waals surface area contributed by atoms with Gasteiger partial charge in [-0.25, -0.2) is 4.98 Å². The minimum absolute atomic E-state index is 0.605. The Labute approximate surface area is 129 Å². The van der Waals surface area contributed by atoms with E-state index in [1.807, 2.05) is 54.6 Å². The first kappa shape index (κ1) is 13.2. The second kappa shape index (κ2) is 5.66. The molecule has 2 nitrogen and oxygen atoms in total. The van der Waals surface area contributed by atoms with E-state index >= 15 is 0 Å². The van der Waals surface area contributed by atoms with E-state index in [1.165, 1.54) is 11.8 Å². The molecule has 0 unspecified atom stereocenters. The molecule has 0 aliphatic heterocycles. The molecule has 0 radical (unpaired) electrons. The largest absolute Gasteiger partial charge is 0.240 e. The van der Waals surface area contributed by atoms with E-state index < -0.39 is 0 Å². The van der Waals surface area contributed by atoms with Crippen molar-refractivity contribution in [2.45, 2.75) is 9.92 Å². The number of aromatic nitrogens is 1. The molecule has 0 N–H and O–H groups in total. The number of hydrogen-bond donors (Lipinski definition) is 0. The summed E-state index contributed by atoms with van der Waals surface area (Å²) in [5.41, 5.74) is 1.51. The van der Waals surface area contributed by atoms with Crippen molar-refractivity contribution in [3.8, 4) is 6.07 Å². The molecular weight excluding hydrogens is 332 g/mol. The lowest BCUT2D eigenvalue weighted by Gasteiger charge is -2.05. The summed E-state index contributed by atoms with van der Waals surface area (Å²) in [6.45, 7) is 0. The monoisotopic (exact) mass is 340 g/mol. The fourth-order valence-electron chi connectivity index (χ4n) is 1.90. The van der Waals surface area contributed by atoms with E-state index in [1.54, 1.807) is 0 Å². The Hall–Kier alpha value is -1.83. The maximum absolute atomic E-state index is 9.30. The summed E-state index contributed by atoms with van der Waals surface area (Å²) in [6, 6.07) is 19.9. The number of benzene rings is 2. The fourth-order valence-corrected chi connectivity index (χ4v) is 3.36. The number of hydrogen-bond acceptors (Lipinski definition) is 3. The highest BCUT2D eigenvalue weighted by Gasteiger charge is 2.08. The molecule has 1 aromatic heterocycles. The predicted octanol–water partition coefficient (Wildman–Crippen LogP) is 5.02. The van der Waals surface area contributed by atoms with Crippen LogP contribution in [-0.2, 0) is 0 Å². The van der Waals surface area contributed by atoms with Gasteiger partial charge in [-0.2, -0.15) is 5.26 Å². The van der Waals surface area contributed by atoms with Crippen LogP contribution in [-0.4, -0.2) is 4.98 Å². The first-order valence-corrected chi connectivity index (χ1v) is 7.60. The molecule has 3 rings (SSSR count). The van der Waals surface area contributed by atoms with Crippen molar-refractivity contribution in [3.63, 3.8) is 0 Å². The second-order valence-corrected chi connectivity index (χ2v) is 6.18. The van der Waals surface area contributed by atoms with Gasteiger partial charge in [-0.15, -0.1) is 0 Å². The molecule has 0 bridgehead atoms. The molecule has 0 saturated carbocycles. The number of nitriles is 1. The van der Waals surface area contributed by atoms with Gasteiger partial charge in [0.25, 0.3) is 0 Å². The number of halogens is 1. The van der Waals surface area contributed by atoms with E-state index in [4.69, 9.17) is 0 Å². The summed E-state index contributed by atoms with van der Waals surface area (Å²) in [5, 5.41) is 11.0. The van der Waals surface area contributed by atoms with Gasteiger partial charge < -0.3 is 0 Å². The fraction of sp³-hybridized carbons (Fsp3) is 0. The smallest absolute Gasteiger partial charge is 0.119 e. The Morgan fingerprint density at radius 2 is 1.90 bits per heavy atom. The van der Waals surface area contributed by atoms with E-state index in [0.717, 1.165) is 25.3 Å². The third-order valence-electron chi connectivity index (χ3n) is 2.82. The van der Waals surface area contributed by atoms with Crippen LogP contribution in [0.4, 0.5) is 0 Å². The van der Waals surface area contributed by atoms with Gasteiger partial charge in [-0.1, -0.05) is 52.0 Å². The average Bonchev–Trinajstić information content (AvgIpc) is 2.46. The topological polar surface area (TPSA) is 36.7 Å². The van der Waals surface area contributed by atoms with Crippen LogP contribution in [0.1, 0.15) is 5.56 Å². The quantitative estimate of drug-likeness (QED) is 0.657. The van der Waals surface area contributed by atoms with Crippen LogP contribution in [0.15, 0.2) is 69.0 Å². The highest BCUT2D eigenvalue weighted by molar-refractivity contribution is 9.10. The molecule has 0 amide bonds. The molecule has 0 atom stereocenters. The van der Waals surface area contributed by atoms with Crippen LogP contribution < -0.4 is 0 Å². The lowest BCUT2D eigenvalue weighted by atomic mass is 10.2. The molecular formula is C16H9BrN2S. The summed E-state index contributed by atoms with van der Waals surface area (Å²) >= 11 is 4.96. The standard InChI is InChI=1S/C16H9BrN2S/c17-13-5-3-6-14(9-13)20-16-12(10-18)8-11-4-1-2-7-15(11)19-16/h1-9H. The summed E-state index contributed by atoms with van der Waals surface area (Å²) in [7, 11) is 0. The van der Waals surface area contributed by atoms with Gasteiger partial charge in [0.1, 0.15) is 11.1 Å². The van der Waals surface area contributed by atoms with Crippen LogP contribution in [0.5, 0.6) is 0 Å². The zero-order valence-electron chi connectivity index (χ0n) is 10.4. The van der Waals surface area contributed by atoms with Gasteiger partial charge in [0, 0.05) is 14.8 Å². The van der Waals surface area contributed by atoms with Crippen LogP contribution in [0.25, 0.3) is 10.9 Å². The van der Waals surface area contributed by atoms with Gasteiger partial charge in [-0.05, 0) is 30.3 Å². The van der Waals surface area contributed by atoms with Crippen molar-refractivity contribution >= 4 is 38.6 Å². The Morgan fingerprint density at radius 3 is 2.70 bits per heavy atom. The highest BCUT2D eigenvalue weighted by atomic mass is 79.9. The van der Waals surface area contributed by atoms with Crippen molar-refractivity contribution in [1.82, 2.24) is 4.98 Å². The molecule has 1 heterocycles. The van der Waals surface area contributed by atoms with Gasteiger partial charge >= 0.3 is 0 Å². The van der Waals surface area contributed by atoms with Crippen LogP contribution >= 0.6 is 27.7 Å². The van der Waals surface area contributed by atoms with Crippen molar-refractivity contribution in [3.05, 3.63) is 64.6 Å². The summed E-state index contributed by atoms with van der Waals surface area (Å²) in [5.74, 6) is 0. The minimum atomic E-state index is 0.605. The Bertz CT molecular complexity index is 824. The molecule has 3 aromatic rings. The molecule has 0 spiro atoms. The van der Waals surface area contributed by atoms with Crippen molar-refractivity contribution < 1.29 is 0 Å². The van der Waals surface area contributed by atoms with Gasteiger partial charge in [0.05, 0.1) is 11.1 Å². The van der Waals surface area contributed by atoms with Crippen molar-refractivity contribution in [2.24, 2.45) is 0 Å². The van der Waals surface area contributed by atoms with Crippen molar-refractivity contribution in [2.75, 3.05) is 0 Å². The van der Waals surface area contributed by atoms with Crippen molar-refractivity contribution in [1.29, 1.82) is 5.26 Å². The van der Waals surface area contributed by atoms with E-state index in [9.17, 15) is 5.26 Å². The van der Waals surface area contributed by atoms with Gasteiger partial charge in [0.2, 0.25) is 0 Å². The Morgan fingerprint density at radius 1 is 1.05 bits per heavy atom. The predicted molar refractivity (Wildman–Crippen MR) is 84.7 cm³/mol. The highest BCUT2D eigenvalue weighted by Crippen LogP contribution is 2.31. The molecule has 20 heavy (non-hydrogen) atoms. The van der Waals surface area contributed by atoms with E-state index in [2.05, 4.69) is 27.0 Å². The molecule has 2 aromatic carbocycles. The number of para-hydroxylation sites is 1. The number of pyridine rings is 1. The van der Waals surface area contributed by atoms with Crippen LogP contribution in [0.2, 0.25) is 0 Å². The Kier molecular flexibility index (Phi) is 3.72. The number of fused-ring (bicyclic) bond motifs is 1. The van der Waals surface area contributed by atoms with E-state index in [0.29, 0.717) is 5.56 Å². The zero-order valence-corrected chi connectivity index (χ0v) is 12.8. The number of nitrogens with zero attached hydrogens (tertiary/aromatic N) is 2. The maximum atomic E-state index is 9.30. The SMILES string of the molecule is N#Cc1cc2ccccc2nc1Sc1cccc(Br)c1. The number of rotatable bonds is 2. The van der Waals surface area contributed by atoms with Crippen LogP contribution in [0, 0.1) is 11.3 Å². The second-order valence-electron chi connectivity index (χ2n) is 4.21. The third-order valence-corrected chi connectivity index (χ3v) is 4.31.